The molecule has 0 atom stereocenters. The summed E-state index contributed by atoms with van der Waals surface area (Å²) in [6.45, 7) is 0.599. The van der Waals surface area contributed by atoms with Gasteiger partial charge in [-0.2, -0.15) is 0 Å². The lowest BCUT2D eigenvalue weighted by Crippen LogP contribution is -2.27. The molecule has 0 aliphatic rings. The molecule has 1 aromatic rings. The Balaban J connectivity index is 2.60. The zero-order valence-corrected chi connectivity index (χ0v) is 11.9. The topological polar surface area (TPSA) is 40.5 Å². The Morgan fingerprint density at radius 2 is 2.11 bits per heavy atom. The average molecular weight is 318 g/mol. The van der Waals surface area contributed by atoms with Crippen LogP contribution in [0.15, 0.2) is 18.2 Å². The maximum absolute atomic E-state index is 13.0. The van der Waals surface area contributed by atoms with Crippen LogP contribution >= 0.6 is 15.9 Å². The summed E-state index contributed by atoms with van der Waals surface area (Å²) in [4.78, 5) is 13.5. The van der Waals surface area contributed by atoms with E-state index in [9.17, 15) is 14.3 Å². The van der Waals surface area contributed by atoms with Crippen molar-refractivity contribution in [2.45, 2.75) is 19.3 Å². The van der Waals surface area contributed by atoms with Gasteiger partial charge in [0.05, 0.1) is 5.56 Å². The number of carbonyl (C=O) groups excluding carboxylic acids is 1. The van der Waals surface area contributed by atoms with Crippen molar-refractivity contribution in [2.24, 2.45) is 0 Å². The Morgan fingerprint density at radius 1 is 1.39 bits per heavy atom. The first-order valence-electron chi connectivity index (χ1n) is 5.86. The molecule has 1 N–H and O–H groups in total. The Bertz CT molecular complexity index is 412. The molecule has 5 heteroatoms. The van der Waals surface area contributed by atoms with E-state index in [0.717, 1.165) is 36.7 Å². The average Bonchev–Trinajstić information content (AvgIpc) is 2.36. The predicted octanol–water partition coefficient (Wildman–Crippen LogP) is 3.17. The first-order chi connectivity index (χ1) is 8.56. The van der Waals surface area contributed by atoms with E-state index in [4.69, 9.17) is 0 Å². The van der Waals surface area contributed by atoms with Crippen LogP contribution in [0.2, 0.25) is 0 Å². The van der Waals surface area contributed by atoms with E-state index in [1.807, 2.05) is 0 Å². The largest absolute Gasteiger partial charge is 0.507 e. The second kappa shape index (κ2) is 7.36. The van der Waals surface area contributed by atoms with Gasteiger partial charge in [0, 0.05) is 18.9 Å². The van der Waals surface area contributed by atoms with Gasteiger partial charge in [0.25, 0.3) is 5.91 Å². The molecular weight excluding hydrogens is 301 g/mol. The van der Waals surface area contributed by atoms with Gasteiger partial charge in [0.1, 0.15) is 11.6 Å². The van der Waals surface area contributed by atoms with Crippen LogP contribution in [0.3, 0.4) is 0 Å². The van der Waals surface area contributed by atoms with Crippen LogP contribution < -0.4 is 0 Å². The molecule has 1 aromatic carbocycles. The van der Waals surface area contributed by atoms with Crippen LogP contribution in [0.1, 0.15) is 29.6 Å². The number of unbranched alkanes of at least 4 members (excludes halogenated alkanes) is 2. The van der Waals surface area contributed by atoms with Gasteiger partial charge in [-0.1, -0.05) is 22.4 Å². The van der Waals surface area contributed by atoms with Crippen LogP contribution in [0.25, 0.3) is 0 Å². The lowest BCUT2D eigenvalue weighted by molar-refractivity contribution is 0.0789. The van der Waals surface area contributed by atoms with Crippen LogP contribution in [-0.4, -0.2) is 34.8 Å². The number of carbonyl (C=O) groups is 1. The van der Waals surface area contributed by atoms with Crippen molar-refractivity contribution in [1.82, 2.24) is 4.90 Å². The van der Waals surface area contributed by atoms with Crippen molar-refractivity contribution >= 4 is 21.8 Å². The van der Waals surface area contributed by atoms with Gasteiger partial charge in [-0.15, -0.1) is 0 Å². The third-order valence-electron chi connectivity index (χ3n) is 2.66. The molecule has 0 bridgehead atoms. The molecule has 0 spiro atoms. The summed E-state index contributed by atoms with van der Waals surface area (Å²) >= 11 is 3.34. The number of hydrogen-bond donors (Lipinski definition) is 1. The molecule has 0 saturated heterocycles. The molecule has 0 saturated carbocycles. The fourth-order valence-corrected chi connectivity index (χ4v) is 2.00. The third kappa shape index (κ3) is 4.29. The summed E-state index contributed by atoms with van der Waals surface area (Å²) in [5.74, 6) is -1.07. The van der Waals surface area contributed by atoms with Crippen LogP contribution in [-0.2, 0) is 0 Å². The van der Waals surface area contributed by atoms with E-state index in [-0.39, 0.29) is 17.2 Å². The Hall–Kier alpha value is -1.10. The summed E-state index contributed by atoms with van der Waals surface area (Å²) < 4.78 is 13.0. The minimum atomic E-state index is -0.524. The van der Waals surface area contributed by atoms with Crippen molar-refractivity contribution < 1.29 is 14.3 Å². The SMILES string of the molecule is CN(CCCCCBr)C(=O)c1cc(F)ccc1O. The molecule has 1 amide bonds. The minimum absolute atomic E-state index is 0.0120. The molecule has 0 heterocycles. The van der Waals surface area contributed by atoms with E-state index >= 15 is 0 Å². The number of alkyl halides is 1. The van der Waals surface area contributed by atoms with Gasteiger partial charge in [-0.25, -0.2) is 4.39 Å². The molecule has 0 unspecified atom stereocenters. The smallest absolute Gasteiger partial charge is 0.257 e. The van der Waals surface area contributed by atoms with E-state index in [1.54, 1.807) is 7.05 Å². The van der Waals surface area contributed by atoms with Crippen molar-refractivity contribution in [3.8, 4) is 5.75 Å². The van der Waals surface area contributed by atoms with Crippen LogP contribution in [0, 0.1) is 5.82 Å². The Kier molecular flexibility index (Phi) is 6.12. The second-order valence-corrected chi connectivity index (χ2v) is 4.93. The standard InChI is InChI=1S/C13H17BrFNO2/c1-16(8-4-2-3-7-14)13(18)11-9-10(15)5-6-12(11)17/h5-6,9,17H,2-4,7-8H2,1H3. The zero-order chi connectivity index (χ0) is 13.5. The fourth-order valence-electron chi connectivity index (χ4n) is 1.61. The second-order valence-electron chi connectivity index (χ2n) is 4.14. The predicted molar refractivity (Wildman–Crippen MR) is 72.7 cm³/mol. The summed E-state index contributed by atoms with van der Waals surface area (Å²) in [6.07, 6.45) is 2.98. The maximum Gasteiger partial charge on any atom is 0.257 e. The highest BCUT2D eigenvalue weighted by Crippen LogP contribution is 2.19. The van der Waals surface area contributed by atoms with Crippen molar-refractivity contribution in [3.63, 3.8) is 0 Å². The van der Waals surface area contributed by atoms with E-state index in [0.29, 0.717) is 6.54 Å². The maximum atomic E-state index is 13.0. The van der Waals surface area contributed by atoms with Crippen molar-refractivity contribution in [2.75, 3.05) is 18.9 Å². The van der Waals surface area contributed by atoms with Gasteiger partial charge in [-0.05, 0) is 31.0 Å². The van der Waals surface area contributed by atoms with E-state index in [1.165, 1.54) is 11.0 Å². The molecule has 0 aliphatic heterocycles. The van der Waals surface area contributed by atoms with Gasteiger partial charge in [0.2, 0.25) is 0 Å². The van der Waals surface area contributed by atoms with Gasteiger partial charge in [0.15, 0.2) is 0 Å². The number of halogens is 2. The van der Waals surface area contributed by atoms with E-state index < -0.39 is 5.82 Å². The highest BCUT2D eigenvalue weighted by molar-refractivity contribution is 9.09. The number of phenolic OH excluding ortho intramolecular Hbond substituents is 1. The molecule has 3 nitrogen and oxygen atoms in total. The molecule has 100 valence electrons. The first-order valence-corrected chi connectivity index (χ1v) is 6.98. The summed E-state index contributed by atoms with van der Waals surface area (Å²) in [5, 5.41) is 10.5. The summed E-state index contributed by atoms with van der Waals surface area (Å²) in [6, 6.07) is 3.38. The highest BCUT2D eigenvalue weighted by Gasteiger charge is 2.16. The zero-order valence-electron chi connectivity index (χ0n) is 10.3. The number of phenols is 1. The van der Waals surface area contributed by atoms with Gasteiger partial charge in [-0.3, -0.25) is 4.79 Å². The Morgan fingerprint density at radius 3 is 2.78 bits per heavy atom. The monoisotopic (exact) mass is 317 g/mol. The number of rotatable bonds is 6. The summed E-state index contributed by atoms with van der Waals surface area (Å²) in [7, 11) is 1.65. The molecule has 0 radical (unpaired) electrons. The van der Waals surface area contributed by atoms with Crippen molar-refractivity contribution in [1.29, 1.82) is 0 Å². The fraction of sp³-hybridized carbons (Fsp3) is 0.462. The molecule has 0 aliphatic carbocycles. The first kappa shape index (κ1) is 15.0. The number of hydrogen-bond acceptors (Lipinski definition) is 2. The molecule has 1 rings (SSSR count). The quantitative estimate of drug-likeness (QED) is 0.646. The molecule has 0 fully saturated rings. The van der Waals surface area contributed by atoms with Crippen LogP contribution in [0.4, 0.5) is 4.39 Å². The molecule has 18 heavy (non-hydrogen) atoms. The summed E-state index contributed by atoms with van der Waals surface area (Å²) in [5.41, 5.74) is 0.0120. The molecular formula is C13H17BrFNO2. The number of benzene rings is 1. The van der Waals surface area contributed by atoms with Gasteiger partial charge >= 0.3 is 0 Å². The highest BCUT2D eigenvalue weighted by atomic mass is 79.9. The Labute approximate surface area is 115 Å². The third-order valence-corrected chi connectivity index (χ3v) is 3.22. The van der Waals surface area contributed by atoms with Crippen LogP contribution in [0.5, 0.6) is 5.75 Å². The minimum Gasteiger partial charge on any atom is -0.507 e. The van der Waals surface area contributed by atoms with Gasteiger partial charge < -0.3 is 10.0 Å². The number of amides is 1. The lowest BCUT2D eigenvalue weighted by Gasteiger charge is -2.17. The number of aromatic hydroxyl groups is 1. The van der Waals surface area contributed by atoms with E-state index in [2.05, 4.69) is 15.9 Å². The normalized spacial score (nSPS) is 10.4. The molecule has 0 aromatic heterocycles. The lowest BCUT2D eigenvalue weighted by atomic mass is 10.1. The number of nitrogens with zero attached hydrogens (tertiary/aromatic N) is 1. The van der Waals surface area contributed by atoms with Crippen molar-refractivity contribution in [3.05, 3.63) is 29.6 Å².